The van der Waals surface area contributed by atoms with Crippen LogP contribution in [0.2, 0.25) is 0 Å². The van der Waals surface area contributed by atoms with E-state index in [1.54, 1.807) is 35.6 Å². The van der Waals surface area contributed by atoms with Crippen molar-refractivity contribution in [1.29, 1.82) is 5.26 Å². The maximum Gasteiger partial charge on any atom is 0.119 e. The molecule has 2 aromatic carbocycles. The molecule has 3 rings (SSSR count). The van der Waals surface area contributed by atoms with Gasteiger partial charge in [0.2, 0.25) is 0 Å². The smallest absolute Gasteiger partial charge is 0.119 e. The van der Waals surface area contributed by atoms with E-state index in [2.05, 4.69) is 33.1 Å². The van der Waals surface area contributed by atoms with Gasteiger partial charge in [-0.3, -0.25) is 0 Å². The van der Waals surface area contributed by atoms with Gasteiger partial charge in [-0.15, -0.1) is 0 Å². The topological polar surface area (TPSA) is 57.7 Å². The Morgan fingerprint density at radius 3 is 2.17 bits per heavy atom. The molecule has 0 aliphatic heterocycles. The molecule has 0 amide bonds. The zero-order valence-electron chi connectivity index (χ0n) is 12.9. The third-order valence-corrected chi connectivity index (χ3v) is 4.09. The lowest BCUT2D eigenvalue weighted by atomic mass is 10.2. The van der Waals surface area contributed by atoms with E-state index < -0.39 is 0 Å². The normalized spacial score (nSPS) is 10.6. The molecule has 1 aromatic heterocycles. The number of thiophene rings is 1. The van der Waals surface area contributed by atoms with E-state index in [4.69, 9.17) is 10.00 Å². The standard InChI is InChI=1S/C19H15N3OS/c20-13-15-1-3-17(4-2-15)21-22-18-5-7-19(8-6-18)23-11-9-16-10-12-24-14-16/h1-8,10,12,14H,9,11H2. The molecule has 118 valence electrons. The minimum absolute atomic E-state index is 0.609. The Morgan fingerprint density at radius 1 is 0.917 bits per heavy atom. The van der Waals surface area contributed by atoms with Crippen LogP contribution >= 0.6 is 11.3 Å². The van der Waals surface area contributed by atoms with Crippen LogP contribution in [0.4, 0.5) is 11.4 Å². The first kappa shape index (κ1) is 15.9. The Hall–Kier alpha value is -2.97. The van der Waals surface area contributed by atoms with E-state index >= 15 is 0 Å². The van der Waals surface area contributed by atoms with Gasteiger partial charge in [0.1, 0.15) is 5.75 Å². The van der Waals surface area contributed by atoms with Crippen LogP contribution in [-0.2, 0) is 6.42 Å². The maximum absolute atomic E-state index is 8.76. The Labute approximate surface area is 144 Å². The molecule has 0 atom stereocenters. The van der Waals surface area contributed by atoms with Crippen LogP contribution in [0.5, 0.6) is 5.75 Å². The molecular formula is C19H15N3OS. The van der Waals surface area contributed by atoms with E-state index in [9.17, 15) is 0 Å². The third kappa shape index (κ3) is 4.51. The Balaban J connectivity index is 1.53. The van der Waals surface area contributed by atoms with E-state index in [-0.39, 0.29) is 0 Å². The molecule has 0 bridgehead atoms. The fourth-order valence-electron chi connectivity index (χ4n) is 2.05. The average Bonchev–Trinajstić information content (AvgIpc) is 3.15. The number of ether oxygens (including phenoxy) is 1. The first-order chi connectivity index (χ1) is 11.8. The largest absolute Gasteiger partial charge is 0.493 e. The first-order valence-corrected chi connectivity index (χ1v) is 8.43. The molecule has 4 nitrogen and oxygen atoms in total. The summed E-state index contributed by atoms with van der Waals surface area (Å²) in [6.07, 6.45) is 0.906. The molecule has 0 aliphatic carbocycles. The minimum atomic E-state index is 0.609. The molecule has 1 heterocycles. The Morgan fingerprint density at radius 2 is 1.58 bits per heavy atom. The minimum Gasteiger partial charge on any atom is -0.493 e. The van der Waals surface area contributed by atoms with Crippen molar-refractivity contribution in [3.8, 4) is 11.8 Å². The van der Waals surface area contributed by atoms with Crippen LogP contribution < -0.4 is 4.74 Å². The summed E-state index contributed by atoms with van der Waals surface area (Å²) in [5.74, 6) is 0.822. The van der Waals surface area contributed by atoms with Gasteiger partial charge in [-0.05, 0) is 70.9 Å². The molecule has 24 heavy (non-hydrogen) atoms. The molecule has 0 saturated heterocycles. The molecule has 3 aromatic rings. The summed E-state index contributed by atoms with van der Waals surface area (Å²) in [6.45, 7) is 0.656. The van der Waals surface area contributed by atoms with Gasteiger partial charge in [0, 0.05) is 6.42 Å². The highest BCUT2D eigenvalue weighted by Crippen LogP contribution is 2.21. The number of azo groups is 1. The van der Waals surface area contributed by atoms with Crippen molar-refractivity contribution in [3.05, 3.63) is 76.5 Å². The van der Waals surface area contributed by atoms with E-state index in [0.29, 0.717) is 17.9 Å². The fourth-order valence-corrected chi connectivity index (χ4v) is 2.75. The van der Waals surface area contributed by atoms with Crippen molar-refractivity contribution in [2.45, 2.75) is 6.42 Å². The molecule has 0 radical (unpaired) electrons. The first-order valence-electron chi connectivity index (χ1n) is 7.49. The molecular weight excluding hydrogens is 318 g/mol. The van der Waals surface area contributed by atoms with Crippen molar-refractivity contribution in [2.24, 2.45) is 10.2 Å². The highest BCUT2D eigenvalue weighted by atomic mass is 32.1. The van der Waals surface area contributed by atoms with Gasteiger partial charge >= 0.3 is 0 Å². The number of nitrogens with zero attached hydrogens (tertiary/aromatic N) is 3. The molecule has 5 heteroatoms. The quantitative estimate of drug-likeness (QED) is 0.547. The van der Waals surface area contributed by atoms with Gasteiger partial charge in [0.05, 0.1) is 29.6 Å². The molecule has 0 aliphatic rings. The highest BCUT2D eigenvalue weighted by Gasteiger charge is 1.97. The summed E-state index contributed by atoms with van der Waals surface area (Å²) in [4.78, 5) is 0. The van der Waals surface area contributed by atoms with E-state index in [1.165, 1.54) is 5.56 Å². The van der Waals surface area contributed by atoms with Gasteiger partial charge in [0.25, 0.3) is 0 Å². The monoisotopic (exact) mass is 333 g/mol. The van der Waals surface area contributed by atoms with Gasteiger partial charge in [-0.2, -0.15) is 26.8 Å². The molecule has 0 unspecified atom stereocenters. The van der Waals surface area contributed by atoms with Crippen LogP contribution in [0.15, 0.2) is 75.6 Å². The molecule has 0 N–H and O–H groups in total. The second-order valence-electron chi connectivity index (χ2n) is 5.08. The lowest BCUT2D eigenvalue weighted by Gasteiger charge is -2.05. The van der Waals surface area contributed by atoms with Crippen molar-refractivity contribution in [2.75, 3.05) is 6.61 Å². The summed E-state index contributed by atoms with van der Waals surface area (Å²) < 4.78 is 5.72. The predicted octanol–water partition coefficient (Wildman–Crippen LogP) is 5.66. The lowest BCUT2D eigenvalue weighted by Crippen LogP contribution is -1.99. The number of benzene rings is 2. The molecule has 0 fully saturated rings. The van der Waals surface area contributed by atoms with Crippen LogP contribution in [0.25, 0.3) is 0 Å². The van der Waals surface area contributed by atoms with Gasteiger partial charge < -0.3 is 4.74 Å². The number of rotatable bonds is 6. The number of nitriles is 1. The second-order valence-corrected chi connectivity index (χ2v) is 5.86. The van der Waals surface area contributed by atoms with Crippen LogP contribution in [0.3, 0.4) is 0 Å². The zero-order valence-corrected chi connectivity index (χ0v) is 13.7. The van der Waals surface area contributed by atoms with Gasteiger partial charge in [0.15, 0.2) is 0 Å². The van der Waals surface area contributed by atoms with E-state index in [0.717, 1.165) is 17.9 Å². The Bertz CT molecular complexity index is 832. The summed E-state index contributed by atoms with van der Waals surface area (Å²) >= 11 is 1.70. The van der Waals surface area contributed by atoms with Crippen molar-refractivity contribution >= 4 is 22.7 Å². The summed E-state index contributed by atoms with van der Waals surface area (Å²) in [7, 11) is 0. The summed E-state index contributed by atoms with van der Waals surface area (Å²) in [6, 6.07) is 18.7. The van der Waals surface area contributed by atoms with Crippen molar-refractivity contribution in [3.63, 3.8) is 0 Å². The fraction of sp³-hybridized carbons (Fsp3) is 0.105. The summed E-state index contributed by atoms with van der Waals surface area (Å²) in [5.41, 5.74) is 3.38. The SMILES string of the molecule is N#Cc1ccc(N=Nc2ccc(OCCc3ccsc3)cc2)cc1. The van der Waals surface area contributed by atoms with Crippen molar-refractivity contribution < 1.29 is 4.74 Å². The maximum atomic E-state index is 8.76. The summed E-state index contributed by atoms with van der Waals surface area (Å²) in [5, 5.41) is 21.3. The van der Waals surface area contributed by atoms with Gasteiger partial charge in [-0.1, -0.05) is 0 Å². The lowest BCUT2D eigenvalue weighted by molar-refractivity contribution is 0.322. The van der Waals surface area contributed by atoms with Crippen LogP contribution in [0.1, 0.15) is 11.1 Å². The predicted molar refractivity (Wildman–Crippen MR) is 95.3 cm³/mol. The van der Waals surface area contributed by atoms with E-state index in [1.807, 2.05) is 24.3 Å². The second kappa shape index (κ2) is 8.04. The number of hydrogen-bond acceptors (Lipinski definition) is 5. The van der Waals surface area contributed by atoms with Crippen LogP contribution in [0, 0.1) is 11.3 Å². The van der Waals surface area contributed by atoms with Crippen molar-refractivity contribution in [1.82, 2.24) is 0 Å². The number of hydrogen-bond donors (Lipinski definition) is 0. The average molecular weight is 333 g/mol. The molecule has 0 spiro atoms. The zero-order chi connectivity index (χ0) is 16.6. The third-order valence-electron chi connectivity index (χ3n) is 3.35. The molecule has 0 saturated carbocycles. The Kier molecular flexibility index (Phi) is 5.33. The van der Waals surface area contributed by atoms with Gasteiger partial charge in [-0.25, -0.2) is 0 Å². The van der Waals surface area contributed by atoms with Crippen LogP contribution in [-0.4, -0.2) is 6.61 Å². The highest BCUT2D eigenvalue weighted by molar-refractivity contribution is 7.07.